The third-order valence-electron chi connectivity index (χ3n) is 2.12. The van der Waals surface area contributed by atoms with Crippen LogP contribution in [-0.4, -0.2) is 17.4 Å². The van der Waals surface area contributed by atoms with Crippen molar-refractivity contribution in [3.63, 3.8) is 0 Å². The average Bonchev–Trinajstić information content (AvgIpc) is 2.73. The highest BCUT2D eigenvalue weighted by Gasteiger charge is 2.19. The van der Waals surface area contributed by atoms with Gasteiger partial charge in [0.15, 0.2) is 0 Å². The maximum absolute atomic E-state index is 11.7. The molecule has 0 radical (unpaired) electrons. The summed E-state index contributed by atoms with van der Waals surface area (Å²) in [4.78, 5) is 21.5. The Morgan fingerprint density at radius 2 is 2.11 bits per heavy atom. The lowest BCUT2D eigenvalue weighted by Gasteiger charge is -2.18. The number of nitrogens with one attached hydrogen (secondary N) is 1. The second kappa shape index (κ2) is 5.03. The smallest absolute Gasteiger partial charge is 0.400 e. The van der Waals surface area contributed by atoms with Crippen LogP contribution in [0.15, 0.2) is 23.1 Å². The fourth-order valence-electron chi connectivity index (χ4n) is 1.15. The van der Waals surface area contributed by atoms with Crippen LogP contribution in [0, 0.1) is 15.5 Å². The first-order valence-corrected chi connectivity index (χ1v) is 5.42. The van der Waals surface area contributed by atoms with Crippen LogP contribution in [0.3, 0.4) is 0 Å². The number of hydrogen-bond donors (Lipinski definition) is 1. The van der Waals surface area contributed by atoms with E-state index in [1.807, 2.05) is 20.8 Å². The highest BCUT2D eigenvalue weighted by molar-refractivity contribution is 6.17. The lowest BCUT2D eigenvalue weighted by molar-refractivity contribution is -0.402. The highest BCUT2D eigenvalue weighted by Crippen LogP contribution is 2.21. The van der Waals surface area contributed by atoms with Crippen molar-refractivity contribution in [3.05, 3.63) is 34.6 Å². The van der Waals surface area contributed by atoms with Crippen LogP contribution in [0.5, 0.6) is 0 Å². The number of carbonyl (C=O) groups excluding carboxylic acids is 1. The van der Waals surface area contributed by atoms with Crippen LogP contribution in [-0.2, 0) is 4.79 Å². The van der Waals surface area contributed by atoms with Crippen molar-refractivity contribution in [2.24, 2.45) is 5.41 Å². The van der Waals surface area contributed by atoms with Gasteiger partial charge < -0.3 is 9.73 Å². The lowest BCUT2D eigenvalue weighted by atomic mass is 9.97. The van der Waals surface area contributed by atoms with Gasteiger partial charge in [-0.25, -0.2) is 0 Å². The molecule has 1 rings (SSSR count). The van der Waals surface area contributed by atoms with E-state index in [9.17, 15) is 14.9 Å². The van der Waals surface area contributed by atoms with Gasteiger partial charge in [0.25, 0.3) is 5.91 Å². The predicted octanol–water partition coefficient (Wildman–Crippen LogP) is 2.36. The van der Waals surface area contributed by atoms with E-state index in [-0.39, 0.29) is 16.7 Å². The molecule has 0 bridgehead atoms. The van der Waals surface area contributed by atoms with Gasteiger partial charge in [0.2, 0.25) is 0 Å². The summed E-state index contributed by atoms with van der Waals surface area (Å²) >= 11 is 0. The second-order valence-electron chi connectivity index (χ2n) is 5.12. The van der Waals surface area contributed by atoms with Crippen molar-refractivity contribution < 1.29 is 14.1 Å². The molecule has 0 spiro atoms. The van der Waals surface area contributed by atoms with Crippen molar-refractivity contribution in [1.82, 2.24) is 5.32 Å². The first-order chi connectivity index (χ1) is 8.20. The molecular weight excluding hydrogens is 236 g/mol. The summed E-state index contributed by atoms with van der Waals surface area (Å²) in [5.41, 5.74) is 0.0258. The van der Waals surface area contributed by atoms with Gasteiger partial charge in [-0.15, -0.1) is 0 Å². The lowest BCUT2D eigenvalue weighted by Crippen LogP contribution is -2.32. The Morgan fingerprint density at radius 3 is 2.56 bits per heavy atom. The normalized spacial score (nSPS) is 11.1. The third kappa shape index (κ3) is 3.73. The Hall–Kier alpha value is -2.11. The van der Waals surface area contributed by atoms with Crippen LogP contribution < -0.4 is 5.32 Å². The molecular formula is C12H16N2O4. The summed E-state index contributed by atoms with van der Waals surface area (Å²) in [5.74, 6) is -0.697. The zero-order valence-electron chi connectivity index (χ0n) is 10.6. The highest BCUT2D eigenvalue weighted by atomic mass is 16.6. The molecule has 6 heteroatoms. The molecule has 1 N–H and O–H groups in total. The second-order valence-corrected chi connectivity index (χ2v) is 5.12. The standard InChI is InChI=1S/C12H16N2O4/c1-8(11(15)13-7-12(2,3)4)9-5-6-10(18-9)14(16)17/h5-6H,1,7H2,2-4H3,(H,13,15). The average molecular weight is 252 g/mol. The minimum absolute atomic E-state index is 0.0505. The quantitative estimate of drug-likeness (QED) is 0.506. The van der Waals surface area contributed by atoms with Crippen molar-refractivity contribution in [2.75, 3.05) is 6.54 Å². The van der Waals surface area contributed by atoms with E-state index < -0.39 is 16.7 Å². The number of rotatable bonds is 4. The zero-order chi connectivity index (χ0) is 13.9. The summed E-state index contributed by atoms with van der Waals surface area (Å²) in [5, 5.41) is 13.1. The molecule has 98 valence electrons. The minimum atomic E-state index is -0.663. The molecule has 0 unspecified atom stereocenters. The van der Waals surface area contributed by atoms with E-state index in [4.69, 9.17) is 4.42 Å². The molecule has 0 saturated carbocycles. The molecule has 1 aromatic heterocycles. The topological polar surface area (TPSA) is 85.4 Å². The van der Waals surface area contributed by atoms with Gasteiger partial charge in [0.1, 0.15) is 10.7 Å². The number of nitrogens with zero attached hydrogens (tertiary/aromatic N) is 1. The molecule has 0 aliphatic carbocycles. The predicted molar refractivity (Wildman–Crippen MR) is 66.9 cm³/mol. The van der Waals surface area contributed by atoms with Gasteiger partial charge >= 0.3 is 5.88 Å². The van der Waals surface area contributed by atoms with E-state index in [1.165, 1.54) is 12.1 Å². The first kappa shape index (κ1) is 14.0. The summed E-state index contributed by atoms with van der Waals surface area (Å²) in [7, 11) is 0. The monoisotopic (exact) mass is 252 g/mol. The molecule has 0 fully saturated rings. The van der Waals surface area contributed by atoms with Gasteiger partial charge in [-0.3, -0.25) is 14.9 Å². The summed E-state index contributed by atoms with van der Waals surface area (Å²) in [6, 6.07) is 2.55. The minimum Gasteiger partial charge on any atom is -0.400 e. The summed E-state index contributed by atoms with van der Waals surface area (Å²) < 4.78 is 4.90. The number of nitro groups is 1. The zero-order valence-corrected chi connectivity index (χ0v) is 10.6. The van der Waals surface area contributed by atoms with Crippen LogP contribution in [0.25, 0.3) is 5.57 Å². The van der Waals surface area contributed by atoms with E-state index in [1.54, 1.807) is 0 Å². The van der Waals surface area contributed by atoms with Crippen LogP contribution in [0.4, 0.5) is 5.88 Å². The molecule has 1 aromatic rings. The van der Waals surface area contributed by atoms with Gasteiger partial charge in [0, 0.05) is 6.54 Å². The maximum atomic E-state index is 11.7. The molecule has 0 aromatic carbocycles. The summed E-state index contributed by atoms with van der Waals surface area (Å²) in [6.07, 6.45) is 0. The van der Waals surface area contributed by atoms with Gasteiger partial charge in [-0.2, -0.15) is 0 Å². The molecule has 0 saturated heterocycles. The third-order valence-corrected chi connectivity index (χ3v) is 2.12. The molecule has 1 amide bonds. The molecule has 0 aliphatic rings. The molecule has 6 nitrogen and oxygen atoms in total. The number of amides is 1. The molecule has 18 heavy (non-hydrogen) atoms. The van der Waals surface area contributed by atoms with Crippen molar-refractivity contribution in [1.29, 1.82) is 0 Å². The van der Waals surface area contributed by atoms with E-state index >= 15 is 0 Å². The van der Waals surface area contributed by atoms with Crippen LogP contribution >= 0.6 is 0 Å². The Bertz CT molecular complexity index is 483. The van der Waals surface area contributed by atoms with Gasteiger partial charge in [-0.05, 0) is 11.5 Å². The van der Waals surface area contributed by atoms with Crippen LogP contribution in [0.2, 0.25) is 0 Å². The molecule has 1 heterocycles. The van der Waals surface area contributed by atoms with E-state index in [0.29, 0.717) is 6.54 Å². The number of furan rings is 1. The van der Waals surface area contributed by atoms with Crippen molar-refractivity contribution in [3.8, 4) is 0 Å². The maximum Gasteiger partial charge on any atom is 0.433 e. The first-order valence-electron chi connectivity index (χ1n) is 5.42. The SMILES string of the molecule is C=C(C(=O)NCC(C)(C)C)c1ccc([N+](=O)[O-])o1. The Balaban J connectivity index is 2.69. The Morgan fingerprint density at radius 1 is 1.50 bits per heavy atom. The molecule has 0 atom stereocenters. The fourth-order valence-corrected chi connectivity index (χ4v) is 1.15. The Labute approximate surface area is 105 Å². The van der Waals surface area contributed by atoms with Crippen molar-refractivity contribution >= 4 is 17.4 Å². The van der Waals surface area contributed by atoms with Crippen LogP contribution in [0.1, 0.15) is 26.5 Å². The van der Waals surface area contributed by atoms with E-state index in [2.05, 4.69) is 11.9 Å². The molecule has 0 aliphatic heterocycles. The van der Waals surface area contributed by atoms with Gasteiger partial charge in [0.05, 0.1) is 11.6 Å². The van der Waals surface area contributed by atoms with Gasteiger partial charge in [-0.1, -0.05) is 27.4 Å². The van der Waals surface area contributed by atoms with Crippen molar-refractivity contribution in [2.45, 2.75) is 20.8 Å². The summed E-state index contributed by atoms with van der Waals surface area (Å²) in [6.45, 7) is 9.99. The number of carbonyl (C=O) groups is 1. The Kier molecular flexibility index (Phi) is 3.90. The fraction of sp³-hybridized carbons (Fsp3) is 0.417. The number of hydrogen-bond acceptors (Lipinski definition) is 4. The largest absolute Gasteiger partial charge is 0.433 e. The van der Waals surface area contributed by atoms with E-state index in [0.717, 1.165) is 0 Å².